The molecule has 1 aromatic rings. The summed E-state index contributed by atoms with van der Waals surface area (Å²) < 4.78 is 71.7. The Bertz CT molecular complexity index is 379. The van der Waals surface area contributed by atoms with E-state index in [0.717, 1.165) is 0 Å². The van der Waals surface area contributed by atoms with E-state index in [0.29, 0.717) is 12.4 Å². The van der Waals surface area contributed by atoms with Crippen LogP contribution in [0.3, 0.4) is 0 Å². The Morgan fingerprint density at radius 3 is 1.47 bits per heavy atom. The Labute approximate surface area is 84.7 Å². The molecule has 8 heteroatoms. The molecule has 1 rings (SSSR count). The Kier molecular flexibility index (Phi) is 2.81. The normalized spacial score (nSPS) is 12.9. The van der Waals surface area contributed by atoms with Crippen LogP contribution in [0.1, 0.15) is 11.1 Å². The summed E-state index contributed by atoms with van der Waals surface area (Å²) in [5, 5.41) is 0. The van der Waals surface area contributed by atoms with Crippen molar-refractivity contribution in [3.8, 4) is 0 Å². The predicted octanol–water partition coefficient (Wildman–Crippen LogP) is 3.78. The lowest BCUT2D eigenvalue weighted by Crippen LogP contribution is -2.13. The maximum atomic E-state index is 12.2. The monoisotopic (exact) mass is 247 g/mol. The summed E-state index contributed by atoms with van der Waals surface area (Å²) in [4.78, 5) is 1.78. The third kappa shape index (κ3) is 2.49. The molecule has 15 heavy (non-hydrogen) atoms. The standard InChI is InChI=1S/C7H3F6NS/c8-6(9,10)3-1-14-2-4(5(3)15)7(11,12)13/h1-2H,(H,14,15). The van der Waals surface area contributed by atoms with Gasteiger partial charge in [-0.05, 0) is 0 Å². The Morgan fingerprint density at radius 1 is 0.867 bits per heavy atom. The zero-order valence-corrected chi connectivity index (χ0v) is 7.65. The van der Waals surface area contributed by atoms with Gasteiger partial charge < -0.3 is 4.98 Å². The molecule has 1 aromatic heterocycles. The van der Waals surface area contributed by atoms with Crippen LogP contribution in [0.4, 0.5) is 26.3 Å². The van der Waals surface area contributed by atoms with Gasteiger partial charge in [0.15, 0.2) is 0 Å². The van der Waals surface area contributed by atoms with Gasteiger partial charge in [0.25, 0.3) is 0 Å². The molecule has 0 radical (unpaired) electrons. The van der Waals surface area contributed by atoms with Crippen molar-refractivity contribution in [1.82, 2.24) is 4.98 Å². The van der Waals surface area contributed by atoms with Gasteiger partial charge in [0.1, 0.15) is 0 Å². The van der Waals surface area contributed by atoms with Crippen LogP contribution in [0.2, 0.25) is 0 Å². The Balaban J connectivity index is 3.44. The van der Waals surface area contributed by atoms with Crippen LogP contribution in [0.15, 0.2) is 12.4 Å². The number of nitrogens with one attached hydrogen (secondary N) is 1. The number of halogens is 6. The highest BCUT2D eigenvalue weighted by atomic mass is 32.1. The first-order chi connectivity index (χ1) is 6.64. The second-order valence-electron chi connectivity index (χ2n) is 2.61. The summed E-state index contributed by atoms with van der Waals surface area (Å²) >= 11 is 4.13. The van der Waals surface area contributed by atoms with Crippen LogP contribution >= 0.6 is 12.2 Å². The molecule has 0 bridgehead atoms. The Morgan fingerprint density at radius 2 is 1.20 bits per heavy atom. The highest BCUT2D eigenvalue weighted by molar-refractivity contribution is 7.71. The Hall–Kier alpha value is -1.05. The first kappa shape index (κ1) is 12.0. The van der Waals surface area contributed by atoms with Crippen LogP contribution < -0.4 is 0 Å². The van der Waals surface area contributed by atoms with Crippen molar-refractivity contribution in [1.29, 1.82) is 0 Å². The van der Waals surface area contributed by atoms with Gasteiger partial charge in [-0.2, -0.15) is 26.3 Å². The lowest BCUT2D eigenvalue weighted by atomic mass is 10.2. The maximum Gasteiger partial charge on any atom is 0.419 e. The number of pyridine rings is 1. The topological polar surface area (TPSA) is 15.8 Å². The van der Waals surface area contributed by atoms with Gasteiger partial charge in [0.05, 0.1) is 15.6 Å². The van der Waals surface area contributed by atoms with E-state index in [1.54, 1.807) is 4.98 Å². The summed E-state index contributed by atoms with van der Waals surface area (Å²) in [7, 11) is 0. The quantitative estimate of drug-likeness (QED) is 0.545. The lowest BCUT2D eigenvalue weighted by molar-refractivity contribution is -0.144. The third-order valence-corrected chi connectivity index (χ3v) is 2.00. The summed E-state index contributed by atoms with van der Waals surface area (Å²) in [6.07, 6.45) is -8.99. The third-order valence-electron chi connectivity index (χ3n) is 1.56. The molecule has 0 saturated carbocycles. The zero-order valence-electron chi connectivity index (χ0n) is 6.83. The fraction of sp³-hybridized carbons (Fsp3) is 0.286. The van der Waals surface area contributed by atoms with Gasteiger partial charge in [-0.3, -0.25) is 0 Å². The van der Waals surface area contributed by atoms with E-state index >= 15 is 0 Å². The van der Waals surface area contributed by atoms with Gasteiger partial charge in [0, 0.05) is 12.4 Å². The highest BCUT2D eigenvalue weighted by Gasteiger charge is 2.38. The largest absolute Gasteiger partial charge is 0.419 e. The number of hydrogen-bond donors (Lipinski definition) is 1. The minimum atomic E-state index is -4.89. The average molecular weight is 247 g/mol. The van der Waals surface area contributed by atoms with Crippen molar-refractivity contribution in [3.63, 3.8) is 0 Å². The molecule has 0 spiro atoms. The highest BCUT2D eigenvalue weighted by Crippen LogP contribution is 2.35. The minimum absolute atomic E-state index is 0.400. The molecule has 0 atom stereocenters. The molecule has 1 heterocycles. The van der Waals surface area contributed by atoms with E-state index in [1.807, 2.05) is 0 Å². The average Bonchev–Trinajstić information content (AvgIpc) is 1.99. The zero-order chi connectivity index (χ0) is 11.9. The molecule has 0 amide bonds. The molecular formula is C7H3F6NS. The molecule has 0 aromatic carbocycles. The van der Waals surface area contributed by atoms with Crippen molar-refractivity contribution in [2.45, 2.75) is 12.4 Å². The molecule has 84 valence electrons. The van der Waals surface area contributed by atoms with Crippen LogP contribution in [0.25, 0.3) is 0 Å². The van der Waals surface area contributed by atoms with Crippen molar-refractivity contribution >= 4 is 12.2 Å². The smallest absolute Gasteiger partial charge is 0.366 e. The molecule has 1 N–H and O–H groups in total. The molecule has 0 aliphatic carbocycles. The summed E-state index contributed by atoms with van der Waals surface area (Å²) in [5.74, 6) is 0. The van der Waals surface area contributed by atoms with E-state index in [-0.39, 0.29) is 0 Å². The first-order valence-electron chi connectivity index (χ1n) is 3.49. The van der Waals surface area contributed by atoms with E-state index in [4.69, 9.17) is 0 Å². The molecule has 0 fully saturated rings. The number of aromatic amines is 1. The van der Waals surface area contributed by atoms with E-state index in [9.17, 15) is 26.3 Å². The fourth-order valence-corrected chi connectivity index (χ4v) is 1.25. The summed E-state index contributed by atoms with van der Waals surface area (Å²) in [5.41, 5.74) is -2.99. The van der Waals surface area contributed by atoms with E-state index in [1.165, 1.54) is 0 Å². The summed E-state index contributed by atoms with van der Waals surface area (Å²) in [6.45, 7) is 0. The van der Waals surface area contributed by atoms with Gasteiger partial charge in [-0.1, -0.05) is 12.2 Å². The second-order valence-corrected chi connectivity index (χ2v) is 3.02. The van der Waals surface area contributed by atoms with Crippen molar-refractivity contribution in [2.24, 2.45) is 0 Å². The predicted molar refractivity (Wildman–Crippen MR) is 41.6 cm³/mol. The van der Waals surface area contributed by atoms with Crippen LogP contribution in [-0.2, 0) is 12.4 Å². The number of aromatic nitrogens is 1. The molecule has 0 saturated heterocycles. The van der Waals surface area contributed by atoms with Gasteiger partial charge in [-0.15, -0.1) is 0 Å². The van der Waals surface area contributed by atoms with E-state index in [2.05, 4.69) is 12.2 Å². The SMILES string of the molecule is FC(F)(F)c1c[nH]cc(C(F)(F)F)c1=S. The van der Waals surface area contributed by atoms with Gasteiger partial charge >= 0.3 is 12.4 Å². The number of rotatable bonds is 0. The van der Waals surface area contributed by atoms with Crippen LogP contribution in [0.5, 0.6) is 0 Å². The first-order valence-corrected chi connectivity index (χ1v) is 3.90. The second kappa shape index (κ2) is 3.51. The lowest BCUT2D eigenvalue weighted by Gasteiger charge is -2.11. The fourth-order valence-electron chi connectivity index (χ4n) is 0.906. The van der Waals surface area contributed by atoms with Crippen molar-refractivity contribution in [2.75, 3.05) is 0 Å². The summed E-state index contributed by atoms with van der Waals surface area (Å²) in [6, 6.07) is 0. The number of alkyl halides is 6. The molecule has 0 aliphatic heterocycles. The molecule has 1 nitrogen and oxygen atoms in total. The maximum absolute atomic E-state index is 12.2. The van der Waals surface area contributed by atoms with Gasteiger partial charge in [-0.25, -0.2) is 0 Å². The number of hydrogen-bond acceptors (Lipinski definition) is 1. The van der Waals surface area contributed by atoms with E-state index < -0.39 is 28.0 Å². The molecule has 0 aliphatic rings. The van der Waals surface area contributed by atoms with Crippen LogP contribution in [-0.4, -0.2) is 4.98 Å². The van der Waals surface area contributed by atoms with Gasteiger partial charge in [0.2, 0.25) is 0 Å². The van der Waals surface area contributed by atoms with Crippen LogP contribution in [0, 0.1) is 4.51 Å². The minimum Gasteiger partial charge on any atom is -0.366 e. The van der Waals surface area contributed by atoms with Crippen molar-refractivity contribution < 1.29 is 26.3 Å². The molecule has 0 unspecified atom stereocenters. The number of H-pyrrole nitrogens is 1. The van der Waals surface area contributed by atoms with Crippen molar-refractivity contribution in [3.05, 3.63) is 28.0 Å². The molecular weight excluding hydrogens is 244 g/mol.